The zero-order chi connectivity index (χ0) is 14.7. The lowest BCUT2D eigenvalue weighted by atomic mass is 10.1. The SMILES string of the molecule is C/C(Cc1ccc(OCc2cn3ccsc3n2)cc1)=N/O. The van der Waals surface area contributed by atoms with Gasteiger partial charge in [-0.1, -0.05) is 17.3 Å². The van der Waals surface area contributed by atoms with Crippen molar-refractivity contribution in [2.45, 2.75) is 20.0 Å². The monoisotopic (exact) mass is 301 g/mol. The second-order valence-electron chi connectivity index (χ2n) is 4.77. The summed E-state index contributed by atoms with van der Waals surface area (Å²) in [7, 11) is 0. The van der Waals surface area contributed by atoms with Gasteiger partial charge in [0.05, 0.1) is 11.4 Å². The van der Waals surface area contributed by atoms with Gasteiger partial charge in [0.25, 0.3) is 0 Å². The van der Waals surface area contributed by atoms with Crippen LogP contribution in [0.25, 0.3) is 4.96 Å². The quantitative estimate of drug-likeness (QED) is 0.446. The molecule has 0 radical (unpaired) electrons. The Kier molecular flexibility index (Phi) is 3.87. The zero-order valence-electron chi connectivity index (χ0n) is 11.6. The van der Waals surface area contributed by atoms with Gasteiger partial charge in [0.15, 0.2) is 4.96 Å². The maximum atomic E-state index is 8.66. The van der Waals surface area contributed by atoms with Crippen molar-refractivity contribution in [3.8, 4) is 5.75 Å². The molecule has 0 saturated carbocycles. The summed E-state index contributed by atoms with van der Waals surface area (Å²) in [5.41, 5.74) is 2.68. The second kappa shape index (κ2) is 5.97. The van der Waals surface area contributed by atoms with Gasteiger partial charge in [-0.25, -0.2) is 4.98 Å². The Morgan fingerprint density at radius 3 is 2.90 bits per heavy atom. The number of oxime groups is 1. The average molecular weight is 301 g/mol. The number of thiazole rings is 1. The summed E-state index contributed by atoms with van der Waals surface area (Å²) in [5, 5.41) is 13.8. The van der Waals surface area contributed by atoms with E-state index in [1.807, 2.05) is 46.4 Å². The number of rotatable bonds is 5. The lowest BCUT2D eigenvalue weighted by molar-refractivity contribution is 0.302. The summed E-state index contributed by atoms with van der Waals surface area (Å²) in [5.74, 6) is 0.800. The Morgan fingerprint density at radius 2 is 2.19 bits per heavy atom. The number of aromatic nitrogens is 2. The van der Waals surface area contributed by atoms with Crippen molar-refractivity contribution in [3.05, 3.63) is 53.3 Å². The Hall–Kier alpha value is -2.34. The Balaban J connectivity index is 1.61. The van der Waals surface area contributed by atoms with Crippen LogP contribution in [0.1, 0.15) is 18.2 Å². The van der Waals surface area contributed by atoms with Crippen LogP contribution in [0.5, 0.6) is 5.75 Å². The molecular formula is C15H15N3O2S. The van der Waals surface area contributed by atoms with E-state index in [1.165, 1.54) is 0 Å². The smallest absolute Gasteiger partial charge is 0.193 e. The molecule has 3 rings (SSSR count). The lowest BCUT2D eigenvalue weighted by Crippen LogP contribution is -1.98. The first-order valence-corrected chi connectivity index (χ1v) is 7.43. The molecule has 0 amide bonds. The number of ether oxygens (including phenoxy) is 1. The highest BCUT2D eigenvalue weighted by molar-refractivity contribution is 7.15. The number of benzene rings is 1. The molecule has 0 fully saturated rings. The second-order valence-corrected chi connectivity index (χ2v) is 5.64. The van der Waals surface area contributed by atoms with Crippen LogP contribution in [0.2, 0.25) is 0 Å². The third kappa shape index (κ3) is 3.22. The molecule has 0 saturated heterocycles. The molecule has 2 heterocycles. The predicted octanol–water partition coefficient (Wildman–Crippen LogP) is 3.37. The first-order valence-electron chi connectivity index (χ1n) is 6.55. The molecular weight excluding hydrogens is 286 g/mol. The maximum Gasteiger partial charge on any atom is 0.193 e. The van der Waals surface area contributed by atoms with Crippen molar-refractivity contribution < 1.29 is 9.94 Å². The molecule has 21 heavy (non-hydrogen) atoms. The molecule has 108 valence electrons. The number of hydrogen-bond donors (Lipinski definition) is 1. The van der Waals surface area contributed by atoms with Gasteiger partial charge >= 0.3 is 0 Å². The minimum Gasteiger partial charge on any atom is -0.487 e. The fraction of sp³-hybridized carbons (Fsp3) is 0.200. The number of nitrogens with zero attached hydrogens (tertiary/aromatic N) is 3. The molecule has 1 N–H and O–H groups in total. The fourth-order valence-corrected chi connectivity index (χ4v) is 2.76. The third-order valence-electron chi connectivity index (χ3n) is 3.08. The first-order chi connectivity index (χ1) is 10.2. The molecule has 0 unspecified atom stereocenters. The maximum absolute atomic E-state index is 8.66. The van der Waals surface area contributed by atoms with Crippen molar-refractivity contribution in [2.24, 2.45) is 5.16 Å². The summed E-state index contributed by atoms with van der Waals surface area (Å²) in [6.45, 7) is 2.24. The molecule has 2 aromatic heterocycles. The van der Waals surface area contributed by atoms with Crippen molar-refractivity contribution in [1.29, 1.82) is 0 Å². The summed E-state index contributed by atoms with van der Waals surface area (Å²) in [6.07, 6.45) is 4.59. The van der Waals surface area contributed by atoms with Gasteiger partial charge in [0, 0.05) is 24.2 Å². The molecule has 0 bridgehead atoms. The Bertz CT molecular complexity index is 730. The summed E-state index contributed by atoms with van der Waals surface area (Å²) in [4.78, 5) is 5.44. The van der Waals surface area contributed by atoms with E-state index < -0.39 is 0 Å². The minimum atomic E-state index is 0.449. The van der Waals surface area contributed by atoms with Crippen LogP contribution >= 0.6 is 11.3 Å². The van der Waals surface area contributed by atoms with Gasteiger partial charge in [-0.2, -0.15) is 0 Å². The van der Waals surface area contributed by atoms with E-state index in [0.717, 1.165) is 22.0 Å². The van der Waals surface area contributed by atoms with E-state index >= 15 is 0 Å². The van der Waals surface area contributed by atoms with E-state index in [2.05, 4.69) is 10.1 Å². The number of imidazole rings is 1. The van der Waals surface area contributed by atoms with Crippen LogP contribution in [-0.2, 0) is 13.0 Å². The van der Waals surface area contributed by atoms with Gasteiger partial charge in [-0.15, -0.1) is 11.3 Å². The molecule has 0 atom stereocenters. The van der Waals surface area contributed by atoms with Crippen LogP contribution in [0.3, 0.4) is 0 Å². The van der Waals surface area contributed by atoms with E-state index in [4.69, 9.17) is 9.94 Å². The van der Waals surface area contributed by atoms with E-state index in [9.17, 15) is 0 Å². The summed E-state index contributed by atoms with van der Waals surface area (Å²) < 4.78 is 7.72. The fourth-order valence-electron chi connectivity index (χ4n) is 2.04. The van der Waals surface area contributed by atoms with Crippen molar-refractivity contribution >= 4 is 22.0 Å². The molecule has 0 aliphatic carbocycles. The predicted molar refractivity (Wildman–Crippen MR) is 82.4 cm³/mol. The molecule has 0 aliphatic heterocycles. The van der Waals surface area contributed by atoms with Crippen molar-refractivity contribution in [3.63, 3.8) is 0 Å². The van der Waals surface area contributed by atoms with Crippen LogP contribution in [0, 0.1) is 0 Å². The van der Waals surface area contributed by atoms with Crippen LogP contribution in [-0.4, -0.2) is 20.3 Å². The standard InChI is InChI=1S/C15H15N3O2S/c1-11(17-19)8-12-2-4-14(5-3-12)20-10-13-9-18-6-7-21-15(18)16-13/h2-7,9,19H,8,10H2,1H3/b17-11-. The van der Waals surface area contributed by atoms with Crippen LogP contribution < -0.4 is 4.74 Å². The molecule has 6 heteroatoms. The lowest BCUT2D eigenvalue weighted by Gasteiger charge is -2.05. The molecule has 0 spiro atoms. The first kappa shape index (κ1) is 13.6. The van der Waals surface area contributed by atoms with Gasteiger partial charge in [-0.05, 0) is 24.6 Å². The highest BCUT2D eigenvalue weighted by Gasteiger charge is 2.04. The Morgan fingerprint density at radius 1 is 1.38 bits per heavy atom. The van der Waals surface area contributed by atoms with E-state index in [0.29, 0.717) is 18.7 Å². The summed E-state index contributed by atoms with van der Waals surface area (Å²) in [6, 6.07) is 7.77. The zero-order valence-corrected chi connectivity index (χ0v) is 12.4. The van der Waals surface area contributed by atoms with Gasteiger partial charge in [0.1, 0.15) is 12.4 Å². The van der Waals surface area contributed by atoms with E-state index in [1.54, 1.807) is 18.3 Å². The largest absolute Gasteiger partial charge is 0.487 e. The Labute approximate surface area is 126 Å². The van der Waals surface area contributed by atoms with Crippen molar-refractivity contribution in [1.82, 2.24) is 9.38 Å². The molecule has 5 nitrogen and oxygen atoms in total. The normalized spacial score (nSPS) is 12.0. The van der Waals surface area contributed by atoms with Gasteiger partial charge in [-0.3, -0.25) is 4.40 Å². The number of hydrogen-bond acceptors (Lipinski definition) is 5. The molecule has 1 aromatic carbocycles. The van der Waals surface area contributed by atoms with Crippen molar-refractivity contribution in [2.75, 3.05) is 0 Å². The molecule has 0 aliphatic rings. The van der Waals surface area contributed by atoms with Crippen LogP contribution in [0.4, 0.5) is 0 Å². The topological polar surface area (TPSA) is 59.1 Å². The van der Waals surface area contributed by atoms with Crippen LogP contribution in [0.15, 0.2) is 47.2 Å². The number of fused-ring (bicyclic) bond motifs is 1. The average Bonchev–Trinajstić information content (AvgIpc) is 3.07. The highest BCUT2D eigenvalue weighted by atomic mass is 32.1. The minimum absolute atomic E-state index is 0.449. The highest BCUT2D eigenvalue weighted by Crippen LogP contribution is 2.16. The summed E-state index contributed by atoms with van der Waals surface area (Å²) >= 11 is 1.60. The van der Waals surface area contributed by atoms with Gasteiger partial charge < -0.3 is 9.94 Å². The van der Waals surface area contributed by atoms with Gasteiger partial charge in [0.2, 0.25) is 0 Å². The molecule has 3 aromatic rings. The third-order valence-corrected chi connectivity index (χ3v) is 3.85. The van der Waals surface area contributed by atoms with E-state index in [-0.39, 0.29) is 0 Å².